The number of fused-ring (bicyclic) bond motifs is 1. The Labute approximate surface area is 196 Å². The van der Waals surface area contributed by atoms with E-state index in [-0.39, 0.29) is 18.3 Å². The second-order valence-electron chi connectivity index (χ2n) is 8.41. The summed E-state index contributed by atoms with van der Waals surface area (Å²) in [6, 6.07) is 10.5. The Morgan fingerprint density at radius 1 is 1.09 bits per heavy atom. The highest BCUT2D eigenvalue weighted by Crippen LogP contribution is 2.37. The first kappa shape index (κ1) is 25.1. The molecule has 0 spiro atoms. The van der Waals surface area contributed by atoms with E-state index in [0.717, 1.165) is 36.8 Å². The first-order valence-electron chi connectivity index (χ1n) is 11.3. The van der Waals surface area contributed by atoms with Crippen LogP contribution in [-0.2, 0) is 22.8 Å². The van der Waals surface area contributed by atoms with Crippen molar-refractivity contribution in [3.8, 4) is 11.5 Å². The van der Waals surface area contributed by atoms with Gasteiger partial charge in [0.1, 0.15) is 9.84 Å². The maximum absolute atomic E-state index is 13.3. The van der Waals surface area contributed by atoms with Crippen LogP contribution in [0.2, 0.25) is 0 Å². The third-order valence-corrected chi connectivity index (χ3v) is 6.76. The number of unbranched alkanes of at least 4 members (excludes halogenated alkanes) is 2. The zero-order chi connectivity index (χ0) is 24.0. The van der Waals surface area contributed by atoms with Crippen LogP contribution in [0.4, 0.5) is 0 Å². The van der Waals surface area contributed by atoms with Gasteiger partial charge < -0.3 is 19.5 Å². The highest BCUT2D eigenvalue weighted by molar-refractivity contribution is 7.90. The molecule has 0 aromatic heterocycles. The standard InChI is InChI=1S/C25H33NO6S/c1-4-32-24-15-19(10-12-23(24)31-2)22(17-33(3,29)30)26-16-20-14-18(8-6-5-7-13-27)9-11-21(20)25(26)28/h9-12,14-15,22,27H,4-8,13,16-17H2,1-3H3/t22-/m1/s1. The van der Waals surface area contributed by atoms with Crippen molar-refractivity contribution in [1.82, 2.24) is 4.90 Å². The van der Waals surface area contributed by atoms with Crippen LogP contribution in [0.5, 0.6) is 11.5 Å². The van der Waals surface area contributed by atoms with Gasteiger partial charge in [-0.1, -0.05) is 24.6 Å². The fourth-order valence-corrected chi connectivity index (χ4v) is 5.19. The van der Waals surface area contributed by atoms with Crippen molar-refractivity contribution >= 4 is 15.7 Å². The van der Waals surface area contributed by atoms with Gasteiger partial charge in [0.15, 0.2) is 11.5 Å². The van der Waals surface area contributed by atoms with Crippen LogP contribution in [-0.4, -0.2) is 56.7 Å². The number of carbonyl (C=O) groups is 1. The molecule has 7 nitrogen and oxygen atoms in total. The predicted octanol–water partition coefficient (Wildman–Crippen LogP) is 3.54. The van der Waals surface area contributed by atoms with Crippen molar-refractivity contribution in [2.24, 2.45) is 0 Å². The Balaban J connectivity index is 1.90. The monoisotopic (exact) mass is 475 g/mol. The molecular formula is C25H33NO6S. The summed E-state index contributed by atoms with van der Waals surface area (Å²) < 4.78 is 35.6. The number of benzene rings is 2. The molecular weight excluding hydrogens is 442 g/mol. The minimum absolute atomic E-state index is 0.167. The van der Waals surface area contributed by atoms with Gasteiger partial charge in [-0.15, -0.1) is 0 Å². The quantitative estimate of drug-likeness (QED) is 0.472. The molecule has 0 fully saturated rings. The van der Waals surface area contributed by atoms with Gasteiger partial charge in [0.05, 0.1) is 25.5 Å². The van der Waals surface area contributed by atoms with Crippen molar-refractivity contribution in [3.63, 3.8) is 0 Å². The Morgan fingerprint density at radius 3 is 2.55 bits per heavy atom. The van der Waals surface area contributed by atoms with Gasteiger partial charge in [0.25, 0.3) is 5.91 Å². The number of aliphatic hydroxyl groups is 1. The summed E-state index contributed by atoms with van der Waals surface area (Å²) >= 11 is 0. The molecule has 0 saturated carbocycles. The number of carbonyl (C=O) groups excluding carboxylic acids is 1. The lowest BCUT2D eigenvalue weighted by Gasteiger charge is -2.28. The maximum atomic E-state index is 13.3. The molecule has 2 aromatic rings. The van der Waals surface area contributed by atoms with Gasteiger partial charge in [0, 0.05) is 25.0 Å². The summed E-state index contributed by atoms with van der Waals surface area (Å²) in [5.41, 5.74) is 3.36. The zero-order valence-corrected chi connectivity index (χ0v) is 20.4. The molecule has 0 saturated heterocycles. The van der Waals surface area contributed by atoms with E-state index in [1.807, 2.05) is 25.1 Å². The third kappa shape index (κ3) is 6.26. The van der Waals surface area contributed by atoms with Crippen LogP contribution in [0.1, 0.15) is 59.3 Å². The van der Waals surface area contributed by atoms with Gasteiger partial charge >= 0.3 is 0 Å². The smallest absolute Gasteiger partial charge is 0.255 e. The lowest BCUT2D eigenvalue weighted by atomic mass is 10.0. The lowest BCUT2D eigenvalue weighted by molar-refractivity contribution is 0.0718. The molecule has 0 bridgehead atoms. The highest BCUT2D eigenvalue weighted by atomic mass is 32.2. The van der Waals surface area contributed by atoms with Crippen molar-refractivity contribution in [2.45, 2.75) is 45.2 Å². The maximum Gasteiger partial charge on any atom is 0.255 e. The second kappa shape index (κ2) is 11.0. The van der Waals surface area contributed by atoms with Crippen molar-refractivity contribution in [2.75, 3.05) is 32.3 Å². The molecule has 1 amide bonds. The van der Waals surface area contributed by atoms with E-state index in [4.69, 9.17) is 14.6 Å². The van der Waals surface area contributed by atoms with Crippen LogP contribution in [0.25, 0.3) is 0 Å². The summed E-state index contributed by atoms with van der Waals surface area (Å²) in [5, 5.41) is 8.95. The Hall–Kier alpha value is -2.58. The number of aliphatic hydroxyl groups excluding tert-OH is 1. The van der Waals surface area contributed by atoms with Gasteiger partial charge in [0.2, 0.25) is 0 Å². The average molecular weight is 476 g/mol. The number of aryl methyl sites for hydroxylation is 1. The summed E-state index contributed by atoms with van der Waals surface area (Å²) in [6.07, 6.45) is 4.78. The fourth-order valence-electron chi connectivity index (χ4n) is 4.24. The molecule has 1 atom stereocenters. The number of amides is 1. The molecule has 180 valence electrons. The van der Waals surface area contributed by atoms with Crippen LogP contribution in [0.15, 0.2) is 36.4 Å². The van der Waals surface area contributed by atoms with E-state index in [2.05, 4.69) is 0 Å². The summed E-state index contributed by atoms with van der Waals surface area (Å²) in [7, 11) is -1.82. The number of sulfone groups is 1. The largest absolute Gasteiger partial charge is 0.493 e. The molecule has 3 rings (SSSR count). The van der Waals surface area contributed by atoms with Gasteiger partial charge in [-0.25, -0.2) is 8.42 Å². The Morgan fingerprint density at radius 2 is 1.88 bits per heavy atom. The molecule has 0 aliphatic carbocycles. The SMILES string of the molecule is CCOc1cc([C@@H](CS(C)(=O)=O)N2Cc3cc(CCCCCO)ccc3C2=O)ccc1OC. The van der Waals surface area contributed by atoms with E-state index >= 15 is 0 Å². The van der Waals surface area contributed by atoms with Crippen molar-refractivity contribution < 1.29 is 27.8 Å². The Bertz CT molecular complexity index is 1080. The molecule has 1 N–H and O–H groups in total. The Kier molecular flexibility index (Phi) is 8.37. The van der Waals surface area contributed by atoms with E-state index in [1.165, 1.54) is 6.26 Å². The number of hydrogen-bond donors (Lipinski definition) is 1. The zero-order valence-electron chi connectivity index (χ0n) is 19.5. The molecule has 0 unspecified atom stereocenters. The number of nitrogens with zero attached hydrogens (tertiary/aromatic N) is 1. The molecule has 8 heteroatoms. The molecule has 0 radical (unpaired) electrons. The number of hydrogen-bond acceptors (Lipinski definition) is 6. The fraction of sp³-hybridized carbons (Fsp3) is 0.480. The summed E-state index contributed by atoms with van der Waals surface area (Å²) in [4.78, 5) is 14.9. The number of methoxy groups -OCH3 is 1. The van der Waals surface area contributed by atoms with Crippen LogP contribution in [0.3, 0.4) is 0 Å². The minimum Gasteiger partial charge on any atom is -0.493 e. The van der Waals surface area contributed by atoms with E-state index in [0.29, 0.717) is 35.8 Å². The second-order valence-corrected chi connectivity index (χ2v) is 10.6. The number of rotatable bonds is 12. The highest BCUT2D eigenvalue weighted by Gasteiger charge is 2.35. The minimum atomic E-state index is -3.37. The van der Waals surface area contributed by atoms with Gasteiger partial charge in [-0.2, -0.15) is 0 Å². The summed E-state index contributed by atoms with van der Waals surface area (Å²) in [5.74, 6) is 0.726. The normalized spacial score (nSPS) is 14.3. The van der Waals surface area contributed by atoms with Gasteiger partial charge in [-0.05, 0) is 61.1 Å². The van der Waals surface area contributed by atoms with E-state index in [1.54, 1.807) is 30.2 Å². The average Bonchev–Trinajstić information content (AvgIpc) is 3.10. The molecule has 1 heterocycles. The van der Waals surface area contributed by atoms with Crippen molar-refractivity contribution in [1.29, 1.82) is 0 Å². The van der Waals surface area contributed by atoms with E-state index in [9.17, 15) is 13.2 Å². The first-order valence-corrected chi connectivity index (χ1v) is 13.4. The molecule has 1 aliphatic heterocycles. The summed E-state index contributed by atoms with van der Waals surface area (Å²) in [6.45, 7) is 2.86. The van der Waals surface area contributed by atoms with E-state index < -0.39 is 15.9 Å². The first-order chi connectivity index (χ1) is 15.8. The lowest BCUT2D eigenvalue weighted by Crippen LogP contribution is -2.33. The molecule has 2 aromatic carbocycles. The van der Waals surface area contributed by atoms with Gasteiger partial charge in [-0.3, -0.25) is 4.79 Å². The van der Waals surface area contributed by atoms with Crippen LogP contribution >= 0.6 is 0 Å². The predicted molar refractivity (Wildman–Crippen MR) is 128 cm³/mol. The molecule has 1 aliphatic rings. The topological polar surface area (TPSA) is 93.1 Å². The van der Waals surface area contributed by atoms with Crippen LogP contribution < -0.4 is 9.47 Å². The van der Waals surface area contributed by atoms with Crippen molar-refractivity contribution in [3.05, 3.63) is 58.7 Å². The van der Waals surface area contributed by atoms with Crippen LogP contribution in [0, 0.1) is 0 Å². The third-order valence-electron chi connectivity index (χ3n) is 5.83. The number of ether oxygens (including phenoxy) is 2. The molecule has 33 heavy (non-hydrogen) atoms.